The maximum Gasteiger partial charge on any atom is 0.146 e. The lowest BCUT2D eigenvalue weighted by atomic mass is 10.2. The Kier molecular flexibility index (Phi) is 3.90. The van der Waals surface area contributed by atoms with E-state index in [2.05, 4.69) is 37.9 Å². The molecule has 0 bridgehead atoms. The van der Waals surface area contributed by atoms with Crippen LogP contribution >= 0.6 is 31.9 Å². The van der Waals surface area contributed by atoms with Crippen molar-refractivity contribution in [3.05, 3.63) is 50.9 Å². The van der Waals surface area contributed by atoms with Gasteiger partial charge in [0.05, 0.1) is 4.47 Å². The van der Waals surface area contributed by atoms with Gasteiger partial charge < -0.3 is 10.5 Å². The van der Waals surface area contributed by atoms with E-state index in [1.807, 2.05) is 0 Å². The number of benzene rings is 2. The van der Waals surface area contributed by atoms with Gasteiger partial charge in [0.2, 0.25) is 0 Å². The molecule has 0 aromatic heterocycles. The molecule has 5 heteroatoms. The van der Waals surface area contributed by atoms with Gasteiger partial charge in [-0.05, 0) is 56.1 Å². The van der Waals surface area contributed by atoms with E-state index in [1.54, 1.807) is 36.4 Å². The van der Waals surface area contributed by atoms with Gasteiger partial charge in [0.1, 0.15) is 23.1 Å². The molecule has 90 valence electrons. The predicted octanol–water partition coefficient (Wildman–Crippen LogP) is 4.46. The lowest BCUT2D eigenvalue weighted by Crippen LogP contribution is -1.92. The zero-order valence-electron chi connectivity index (χ0n) is 9.15. The number of nitrogen functional groups attached to an aromatic ring is 1. The first-order chi connectivity index (χ1) is 8.61. The molecule has 2 rings (SSSR count). The average Bonchev–Trinajstić information content (AvgIpc) is 2.34. The van der Waals surface area contributed by atoms with Gasteiger partial charge in [-0.3, -0.25) is 0 Å². The number of halogens is 2. The van der Waals surface area contributed by atoms with Crippen LogP contribution in [0, 0.1) is 11.3 Å². The summed E-state index contributed by atoms with van der Waals surface area (Å²) in [6.07, 6.45) is 0. The van der Waals surface area contributed by atoms with Crippen molar-refractivity contribution < 1.29 is 4.74 Å². The second-order valence-corrected chi connectivity index (χ2v) is 5.23. The molecule has 3 nitrogen and oxygen atoms in total. The van der Waals surface area contributed by atoms with Crippen LogP contribution in [0.2, 0.25) is 0 Å². The largest absolute Gasteiger partial charge is 0.455 e. The van der Waals surface area contributed by atoms with Crippen LogP contribution in [-0.2, 0) is 0 Å². The van der Waals surface area contributed by atoms with Crippen LogP contribution < -0.4 is 10.5 Å². The van der Waals surface area contributed by atoms with Gasteiger partial charge in [-0.2, -0.15) is 5.26 Å². The number of ether oxygens (including phenoxy) is 1. The quantitative estimate of drug-likeness (QED) is 0.797. The monoisotopic (exact) mass is 366 g/mol. The van der Waals surface area contributed by atoms with Crippen LogP contribution in [0.5, 0.6) is 11.5 Å². The molecule has 0 atom stereocenters. The summed E-state index contributed by atoms with van der Waals surface area (Å²) in [6.45, 7) is 0. The minimum Gasteiger partial charge on any atom is -0.455 e. The van der Waals surface area contributed by atoms with Crippen molar-refractivity contribution in [1.82, 2.24) is 0 Å². The van der Waals surface area contributed by atoms with E-state index in [9.17, 15) is 0 Å². The Balaban J connectivity index is 2.44. The summed E-state index contributed by atoms with van der Waals surface area (Å²) in [7, 11) is 0. The van der Waals surface area contributed by atoms with Crippen molar-refractivity contribution in [2.45, 2.75) is 0 Å². The van der Waals surface area contributed by atoms with E-state index in [0.717, 1.165) is 4.47 Å². The third-order valence-electron chi connectivity index (χ3n) is 2.26. The van der Waals surface area contributed by atoms with Gasteiger partial charge in [0.15, 0.2) is 0 Å². The summed E-state index contributed by atoms with van der Waals surface area (Å²) in [5.41, 5.74) is 6.76. The van der Waals surface area contributed by atoms with Gasteiger partial charge >= 0.3 is 0 Å². The molecule has 0 radical (unpaired) electrons. The molecule has 2 aromatic rings. The molecule has 0 spiro atoms. The average molecular weight is 368 g/mol. The number of anilines is 1. The van der Waals surface area contributed by atoms with Crippen molar-refractivity contribution >= 4 is 37.5 Å². The molecule has 0 heterocycles. The molecule has 0 amide bonds. The van der Waals surface area contributed by atoms with Gasteiger partial charge in [-0.1, -0.05) is 6.07 Å². The molecule has 2 aromatic carbocycles. The minimum atomic E-state index is 0.451. The molecule has 0 unspecified atom stereocenters. The fourth-order valence-corrected chi connectivity index (χ4v) is 2.18. The van der Waals surface area contributed by atoms with Crippen molar-refractivity contribution in [3.8, 4) is 17.6 Å². The number of nitrogens with two attached hydrogens (primary N) is 1. The normalized spacial score (nSPS) is 9.83. The zero-order chi connectivity index (χ0) is 13.1. The van der Waals surface area contributed by atoms with Gasteiger partial charge in [0.25, 0.3) is 0 Å². The highest BCUT2D eigenvalue weighted by molar-refractivity contribution is 9.10. The molecule has 0 aliphatic carbocycles. The first-order valence-corrected chi connectivity index (χ1v) is 6.62. The molecular formula is C13H8Br2N2O. The summed E-state index contributed by atoms with van der Waals surface area (Å²) in [5.74, 6) is 1.06. The smallest absolute Gasteiger partial charge is 0.146 e. The Morgan fingerprint density at radius 3 is 2.56 bits per heavy atom. The van der Waals surface area contributed by atoms with Crippen molar-refractivity contribution in [2.24, 2.45) is 0 Å². The number of nitriles is 1. The number of hydrogen-bond donors (Lipinski definition) is 1. The fraction of sp³-hybridized carbons (Fsp3) is 0. The predicted molar refractivity (Wildman–Crippen MR) is 77.5 cm³/mol. The first kappa shape index (κ1) is 12.9. The van der Waals surface area contributed by atoms with Crippen molar-refractivity contribution in [3.63, 3.8) is 0 Å². The number of nitrogens with zero attached hydrogens (tertiary/aromatic N) is 1. The Bertz CT molecular complexity index is 635. The summed E-state index contributed by atoms with van der Waals surface area (Å²) < 4.78 is 7.19. The van der Waals surface area contributed by atoms with E-state index in [4.69, 9.17) is 15.7 Å². The summed E-state index contributed by atoms with van der Waals surface area (Å²) >= 11 is 6.69. The lowest BCUT2D eigenvalue weighted by Gasteiger charge is -2.10. The molecule has 18 heavy (non-hydrogen) atoms. The maximum absolute atomic E-state index is 9.10. The van der Waals surface area contributed by atoms with Crippen LogP contribution in [0.4, 0.5) is 5.69 Å². The highest BCUT2D eigenvalue weighted by Gasteiger charge is 2.10. The second kappa shape index (κ2) is 5.42. The molecule has 2 N–H and O–H groups in total. The fourth-order valence-electron chi connectivity index (χ4n) is 1.41. The summed E-state index contributed by atoms with van der Waals surface area (Å²) in [4.78, 5) is 0. The minimum absolute atomic E-state index is 0.451. The molecule has 0 fully saturated rings. The number of rotatable bonds is 2. The van der Waals surface area contributed by atoms with Crippen LogP contribution in [0.15, 0.2) is 45.3 Å². The highest BCUT2D eigenvalue weighted by Crippen LogP contribution is 2.34. The van der Waals surface area contributed by atoms with E-state index in [-0.39, 0.29) is 0 Å². The lowest BCUT2D eigenvalue weighted by molar-refractivity contribution is 0.478. The molecule has 0 aliphatic heterocycles. The third-order valence-corrected chi connectivity index (χ3v) is 3.58. The van der Waals surface area contributed by atoms with Gasteiger partial charge in [-0.25, -0.2) is 0 Å². The Morgan fingerprint density at radius 1 is 1.06 bits per heavy atom. The van der Waals surface area contributed by atoms with Crippen molar-refractivity contribution in [2.75, 3.05) is 5.73 Å². The standard InChI is InChI=1S/C13H8Br2N2O/c14-10-2-1-3-12(9(10)7-16)18-13-6-8(17)4-5-11(13)15/h1-6H,17H2. The van der Waals surface area contributed by atoms with E-state index < -0.39 is 0 Å². The second-order valence-electron chi connectivity index (χ2n) is 3.52. The van der Waals surface area contributed by atoms with Crippen LogP contribution in [0.3, 0.4) is 0 Å². The Morgan fingerprint density at radius 2 is 1.83 bits per heavy atom. The number of hydrogen-bond acceptors (Lipinski definition) is 3. The Labute approximate surface area is 121 Å². The van der Waals surface area contributed by atoms with Gasteiger partial charge in [0, 0.05) is 16.2 Å². The SMILES string of the molecule is N#Cc1c(Br)cccc1Oc1cc(N)ccc1Br. The van der Waals surface area contributed by atoms with Crippen molar-refractivity contribution in [1.29, 1.82) is 5.26 Å². The van der Waals surface area contributed by atoms with E-state index >= 15 is 0 Å². The zero-order valence-corrected chi connectivity index (χ0v) is 12.3. The molecule has 0 aliphatic rings. The topological polar surface area (TPSA) is 59.0 Å². The van der Waals surface area contributed by atoms with Crippen LogP contribution in [-0.4, -0.2) is 0 Å². The molecule has 0 saturated heterocycles. The van der Waals surface area contributed by atoms with Crippen LogP contribution in [0.25, 0.3) is 0 Å². The molecular weight excluding hydrogens is 360 g/mol. The molecule has 0 saturated carbocycles. The third kappa shape index (κ3) is 2.66. The highest BCUT2D eigenvalue weighted by atomic mass is 79.9. The van der Waals surface area contributed by atoms with Crippen LogP contribution in [0.1, 0.15) is 5.56 Å². The Hall–Kier alpha value is -1.51. The summed E-state index contributed by atoms with van der Waals surface area (Å²) in [5, 5.41) is 9.10. The van der Waals surface area contributed by atoms with Gasteiger partial charge in [-0.15, -0.1) is 0 Å². The van der Waals surface area contributed by atoms with E-state index in [1.165, 1.54) is 0 Å². The van der Waals surface area contributed by atoms with E-state index in [0.29, 0.717) is 27.2 Å². The maximum atomic E-state index is 9.10. The first-order valence-electron chi connectivity index (χ1n) is 5.03. The summed E-state index contributed by atoms with van der Waals surface area (Å²) in [6, 6.07) is 12.7.